The third-order valence-corrected chi connectivity index (χ3v) is 3.69. The molecule has 1 aromatic rings. The average molecular weight is 224 g/mol. The van der Waals surface area contributed by atoms with Crippen molar-refractivity contribution in [2.24, 2.45) is 5.92 Å². The molecule has 1 fully saturated rings. The lowest BCUT2D eigenvalue weighted by molar-refractivity contribution is 0.104. The predicted octanol–water partition coefficient (Wildman–Crippen LogP) is 1.71. The second kappa shape index (κ2) is 4.97. The summed E-state index contributed by atoms with van der Waals surface area (Å²) in [6.45, 7) is 3.21. The smallest absolute Gasteiger partial charge is 0.128 e. The highest BCUT2D eigenvalue weighted by molar-refractivity contribution is 5.02. The topological polar surface area (TPSA) is 58.3 Å². The third-order valence-electron chi connectivity index (χ3n) is 3.69. The van der Waals surface area contributed by atoms with Crippen molar-refractivity contribution in [1.82, 2.24) is 10.5 Å². The molecular formula is C12H20N2O2. The van der Waals surface area contributed by atoms with Crippen LogP contribution in [0.15, 0.2) is 17.0 Å². The Kier molecular flexibility index (Phi) is 3.61. The maximum atomic E-state index is 9.55. The summed E-state index contributed by atoms with van der Waals surface area (Å²) in [5, 5.41) is 16.7. The van der Waals surface area contributed by atoms with E-state index in [-0.39, 0.29) is 12.1 Å². The van der Waals surface area contributed by atoms with Gasteiger partial charge in [0.05, 0.1) is 12.8 Å². The fraction of sp³-hybridized carbons (Fsp3) is 0.750. The van der Waals surface area contributed by atoms with Gasteiger partial charge in [-0.1, -0.05) is 12.1 Å². The Morgan fingerprint density at radius 1 is 1.56 bits per heavy atom. The van der Waals surface area contributed by atoms with E-state index in [0.29, 0.717) is 0 Å². The fourth-order valence-corrected chi connectivity index (χ4v) is 2.31. The molecular weight excluding hydrogens is 204 g/mol. The Hall–Kier alpha value is -0.870. The molecule has 0 unspecified atom stereocenters. The van der Waals surface area contributed by atoms with Crippen LogP contribution in [-0.2, 0) is 6.54 Å². The van der Waals surface area contributed by atoms with Crippen molar-refractivity contribution in [3.05, 3.63) is 18.0 Å². The molecule has 0 aromatic carbocycles. The Labute approximate surface area is 96.0 Å². The Bertz CT molecular complexity index is 303. The van der Waals surface area contributed by atoms with Crippen molar-refractivity contribution in [3.8, 4) is 0 Å². The molecule has 0 radical (unpaired) electrons. The second-order valence-electron chi connectivity index (χ2n) is 5.01. The van der Waals surface area contributed by atoms with E-state index in [1.165, 1.54) is 12.8 Å². The molecule has 1 heterocycles. The van der Waals surface area contributed by atoms with E-state index < -0.39 is 0 Å². The van der Waals surface area contributed by atoms with Crippen LogP contribution >= 0.6 is 0 Å². The molecule has 1 aliphatic rings. The van der Waals surface area contributed by atoms with Gasteiger partial charge in [-0.3, -0.25) is 0 Å². The average Bonchev–Trinajstić information content (AvgIpc) is 2.82. The highest BCUT2D eigenvalue weighted by Gasteiger charge is 2.32. The molecule has 4 nitrogen and oxygen atoms in total. The lowest BCUT2D eigenvalue weighted by Crippen LogP contribution is -2.50. The highest BCUT2D eigenvalue weighted by atomic mass is 16.5. The lowest BCUT2D eigenvalue weighted by atomic mass is 9.77. The molecule has 1 aromatic heterocycles. The van der Waals surface area contributed by atoms with Gasteiger partial charge in [-0.05, 0) is 31.6 Å². The zero-order chi connectivity index (χ0) is 11.4. The molecule has 0 amide bonds. The van der Waals surface area contributed by atoms with Crippen LogP contribution in [0.4, 0.5) is 0 Å². The van der Waals surface area contributed by atoms with Crippen molar-refractivity contribution in [2.75, 3.05) is 6.61 Å². The van der Waals surface area contributed by atoms with Crippen LogP contribution < -0.4 is 5.32 Å². The van der Waals surface area contributed by atoms with Crippen LogP contribution in [0.5, 0.6) is 0 Å². The summed E-state index contributed by atoms with van der Waals surface area (Å²) in [6.07, 6.45) is 7.84. The summed E-state index contributed by atoms with van der Waals surface area (Å²) >= 11 is 0. The minimum Gasteiger partial charge on any atom is -0.394 e. The van der Waals surface area contributed by atoms with Gasteiger partial charge in [0.2, 0.25) is 0 Å². The summed E-state index contributed by atoms with van der Waals surface area (Å²) in [5.74, 6) is 0.789. The Morgan fingerprint density at radius 2 is 2.31 bits per heavy atom. The van der Waals surface area contributed by atoms with E-state index in [2.05, 4.69) is 17.4 Å². The first-order valence-corrected chi connectivity index (χ1v) is 5.98. The lowest BCUT2D eigenvalue weighted by Gasteiger charge is -2.38. The van der Waals surface area contributed by atoms with Gasteiger partial charge in [0.25, 0.3) is 0 Å². The van der Waals surface area contributed by atoms with Crippen LogP contribution in [0.2, 0.25) is 0 Å². The van der Waals surface area contributed by atoms with Gasteiger partial charge in [0.15, 0.2) is 0 Å². The van der Waals surface area contributed by atoms with E-state index >= 15 is 0 Å². The van der Waals surface area contributed by atoms with Gasteiger partial charge >= 0.3 is 0 Å². The SMILES string of the molecule is CC1CCC(CO)(NCc2cnoc2)CC1. The number of nitrogens with one attached hydrogen (secondary N) is 1. The normalized spacial score (nSPS) is 30.5. The molecule has 4 heteroatoms. The van der Waals surface area contributed by atoms with Crippen LogP contribution in [-0.4, -0.2) is 22.4 Å². The van der Waals surface area contributed by atoms with Crippen LogP contribution in [0, 0.1) is 5.92 Å². The monoisotopic (exact) mass is 224 g/mol. The summed E-state index contributed by atoms with van der Waals surface area (Å²) in [4.78, 5) is 0. The zero-order valence-corrected chi connectivity index (χ0v) is 9.78. The molecule has 90 valence electrons. The van der Waals surface area contributed by atoms with Gasteiger partial charge in [-0.2, -0.15) is 0 Å². The molecule has 1 saturated carbocycles. The molecule has 16 heavy (non-hydrogen) atoms. The largest absolute Gasteiger partial charge is 0.394 e. The fourth-order valence-electron chi connectivity index (χ4n) is 2.31. The minimum atomic E-state index is -0.0935. The number of rotatable bonds is 4. The standard InChI is InChI=1S/C12H20N2O2/c1-10-2-4-12(9-15,5-3-10)13-6-11-7-14-16-8-11/h7-8,10,13,15H,2-6,9H2,1H3. The van der Waals surface area contributed by atoms with Crippen molar-refractivity contribution < 1.29 is 9.63 Å². The molecule has 0 atom stereocenters. The van der Waals surface area contributed by atoms with Crippen LogP contribution in [0.3, 0.4) is 0 Å². The summed E-state index contributed by atoms with van der Waals surface area (Å²) in [5.41, 5.74) is 0.940. The van der Waals surface area contributed by atoms with Crippen molar-refractivity contribution in [1.29, 1.82) is 0 Å². The molecule has 0 bridgehead atoms. The molecule has 0 saturated heterocycles. The van der Waals surface area contributed by atoms with Gasteiger partial charge in [-0.15, -0.1) is 0 Å². The van der Waals surface area contributed by atoms with Crippen molar-refractivity contribution in [2.45, 2.75) is 44.7 Å². The van der Waals surface area contributed by atoms with Gasteiger partial charge in [0, 0.05) is 17.6 Å². The van der Waals surface area contributed by atoms with E-state index in [4.69, 9.17) is 4.52 Å². The van der Waals surface area contributed by atoms with Gasteiger partial charge in [-0.25, -0.2) is 0 Å². The van der Waals surface area contributed by atoms with Gasteiger partial charge in [0.1, 0.15) is 6.26 Å². The summed E-state index contributed by atoms with van der Waals surface area (Å²) < 4.78 is 4.79. The molecule has 1 aliphatic carbocycles. The maximum Gasteiger partial charge on any atom is 0.128 e. The number of nitrogens with zero attached hydrogens (tertiary/aromatic N) is 1. The number of hydrogen-bond acceptors (Lipinski definition) is 4. The second-order valence-corrected chi connectivity index (χ2v) is 5.01. The maximum absolute atomic E-state index is 9.55. The van der Waals surface area contributed by atoms with Gasteiger partial charge < -0.3 is 14.9 Å². The highest BCUT2D eigenvalue weighted by Crippen LogP contribution is 2.31. The van der Waals surface area contributed by atoms with E-state index in [0.717, 1.165) is 30.9 Å². The third kappa shape index (κ3) is 2.62. The minimum absolute atomic E-state index is 0.0935. The quantitative estimate of drug-likeness (QED) is 0.817. The molecule has 0 aliphatic heterocycles. The van der Waals surface area contributed by atoms with Crippen molar-refractivity contribution in [3.63, 3.8) is 0 Å². The van der Waals surface area contributed by atoms with E-state index in [1.807, 2.05) is 0 Å². The number of aromatic nitrogens is 1. The Balaban J connectivity index is 1.89. The zero-order valence-electron chi connectivity index (χ0n) is 9.78. The van der Waals surface area contributed by atoms with Crippen molar-refractivity contribution >= 4 is 0 Å². The molecule has 2 N–H and O–H groups in total. The molecule has 2 rings (SSSR count). The summed E-state index contributed by atoms with van der Waals surface area (Å²) in [7, 11) is 0. The first kappa shape index (κ1) is 11.6. The number of aliphatic hydroxyl groups is 1. The number of aliphatic hydroxyl groups excluding tert-OH is 1. The van der Waals surface area contributed by atoms with E-state index in [9.17, 15) is 5.11 Å². The van der Waals surface area contributed by atoms with Crippen LogP contribution in [0.25, 0.3) is 0 Å². The summed E-state index contributed by atoms with van der Waals surface area (Å²) in [6, 6.07) is 0. The Morgan fingerprint density at radius 3 is 2.88 bits per heavy atom. The predicted molar refractivity (Wildman–Crippen MR) is 60.8 cm³/mol. The first-order chi connectivity index (χ1) is 7.74. The van der Waals surface area contributed by atoms with E-state index in [1.54, 1.807) is 12.5 Å². The van der Waals surface area contributed by atoms with Crippen LogP contribution in [0.1, 0.15) is 38.2 Å². The molecule has 0 spiro atoms. The first-order valence-electron chi connectivity index (χ1n) is 5.98. The number of hydrogen-bond donors (Lipinski definition) is 2.